The van der Waals surface area contributed by atoms with Crippen molar-refractivity contribution in [1.29, 1.82) is 0 Å². The summed E-state index contributed by atoms with van der Waals surface area (Å²) in [5, 5.41) is 8.06. The number of carbonyl (C=O) groups excluding carboxylic acids is 1. The predicted octanol–water partition coefficient (Wildman–Crippen LogP) is 1.95. The summed E-state index contributed by atoms with van der Waals surface area (Å²) in [7, 11) is 0. The summed E-state index contributed by atoms with van der Waals surface area (Å²) in [5.41, 5.74) is 2.93. The van der Waals surface area contributed by atoms with E-state index in [2.05, 4.69) is 15.3 Å². The molecule has 0 bridgehead atoms. The molecule has 2 aromatic heterocycles. The van der Waals surface area contributed by atoms with E-state index in [1.807, 2.05) is 61.5 Å². The van der Waals surface area contributed by atoms with Gasteiger partial charge in [0, 0.05) is 11.7 Å². The van der Waals surface area contributed by atoms with Crippen molar-refractivity contribution in [3.8, 4) is 5.69 Å². The molecule has 8 nitrogen and oxygen atoms in total. The van der Waals surface area contributed by atoms with E-state index in [-0.39, 0.29) is 29.6 Å². The predicted molar refractivity (Wildman–Crippen MR) is 108 cm³/mol. The zero-order chi connectivity index (χ0) is 20.0. The molecule has 4 aromatic rings. The standard InChI is InChI=1S/C21H18N6O2/c1-14-11-15-7-5-6-10-17(15)26(14)18(28)12-25-13-22-20-19(21(25)29)23-24-27(20)16-8-3-2-4-9-16/h2-10,13-14H,11-12H2,1H3. The van der Waals surface area contributed by atoms with Crippen molar-refractivity contribution in [2.45, 2.75) is 25.9 Å². The number of hydrogen-bond acceptors (Lipinski definition) is 5. The first-order valence-corrected chi connectivity index (χ1v) is 9.40. The summed E-state index contributed by atoms with van der Waals surface area (Å²) in [6, 6.07) is 17.3. The fourth-order valence-electron chi connectivity index (χ4n) is 3.87. The van der Waals surface area contributed by atoms with Crippen LogP contribution in [0.25, 0.3) is 16.9 Å². The highest BCUT2D eigenvalue weighted by Crippen LogP contribution is 2.31. The molecule has 144 valence electrons. The number of para-hydroxylation sites is 2. The first-order chi connectivity index (χ1) is 14.1. The topological polar surface area (TPSA) is 85.9 Å². The Labute approximate surface area is 166 Å². The van der Waals surface area contributed by atoms with Gasteiger partial charge in [-0.1, -0.05) is 41.6 Å². The fourth-order valence-corrected chi connectivity index (χ4v) is 3.87. The van der Waals surface area contributed by atoms with Crippen LogP contribution in [-0.2, 0) is 17.8 Å². The lowest BCUT2D eigenvalue weighted by atomic mass is 10.1. The van der Waals surface area contributed by atoms with Crippen LogP contribution < -0.4 is 10.5 Å². The van der Waals surface area contributed by atoms with E-state index in [1.165, 1.54) is 15.6 Å². The number of carbonyl (C=O) groups is 1. The largest absolute Gasteiger partial charge is 0.307 e. The molecule has 0 spiro atoms. The maximum atomic E-state index is 13.0. The minimum absolute atomic E-state index is 0.0475. The van der Waals surface area contributed by atoms with Crippen LogP contribution in [0.15, 0.2) is 65.7 Å². The quantitative estimate of drug-likeness (QED) is 0.537. The maximum absolute atomic E-state index is 13.0. The van der Waals surface area contributed by atoms with Crippen molar-refractivity contribution in [3.05, 3.63) is 76.8 Å². The van der Waals surface area contributed by atoms with Gasteiger partial charge in [0.25, 0.3) is 5.56 Å². The number of anilines is 1. The van der Waals surface area contributed by atoms with Gasteiger partial charge in [0.1, 0.15) is 12.9 Å². The molecule has 8 heteroatoms. The zero-order valence-corrected chi connectivity index (χ0v) is 15.8. The lowest BCUT2D eigenvalue weighted by Gasteiger charge is -2.23. The monoisotopic (exact) mass is 386 g/mol. The Kier molecular flexibility index (Phi) is 3.97. The molecule has 1 aliphatic heterocycles. The average Bonchev–Trinajstić information content (AvgIpc) is 3.31. The van der Waals surface area contributed by atoms with E-state index in [1.54, 1.807) is 4.90 Å². The lowest BCUT2D eigenvalue weighted by molar-refractivity contribution is -0.119. The van der Waals surface area contributed by atoms with Crippen LogP contribution in [0.3, 0.4) is 0 Å². The van der Waals surface area contributed by atoms with Crippen molar-refractivity contribution < 1.29 is 4.79 Å². The van der Waals surface area contributed by atoms with Crippen LogP contribution in [0.1, 0.15) is 12.5 Å². The molecule has 0 fully saturated rings. The highest BCUT2D eigenvalue weighted by molar-refractivity contribution is 5.96. The third kappa shape index (κ3) is 2.80. The molecule has 1 atom stereocenters. The van der Waals surface area contributed by atoms with Crippen molar-refractivity contribution in [2.24, 2.45) is 0 Å². The van der Waals surface area contributed by atoms with Crippen molar-refractivity contribution >= 4 is 22.8 Å². The van der Waals surface area contributed by atoms with E-state index in [4.69, 9.17) is 0 Å². The highest BCUT2D eigenvalue weighted by atomic mass is 16.2. The van der Waals surface area contributed by atoms with Crippen LogP contribution in [0, 0.1) is 0 Å². The van der Waals surface area contributed by atoms with Gasteiger partial charge in [0.2, 0.25) is 5.91 Å². The number of aromatic nitrogens is 5. The van der Waals surface area contributed by atoms with Gasteiger partial charge in [-0.3, -0.25) is 14.2 Å². The normalized spacial score (nSPS) is 15.6. The number of nitrogens with zero attached hydrogens (tertiary/aromatic N) is 6. The SMILES string of the molecule is CC1Cc2ccccc2N1C(=O)Cn1cnc2c(nnn2-c2ccccc2)c1=O. The van der Waals surface area contributed by atoms with Gasteiger partial charge in [-0.15, -0.1) is 5.10 Å². The Morgan fingerprint density at radius 2 is 1.86 bits per heavy atom. The van der Waals surface area contributed by atoms with Gasteiger partial charge in [-0.2, -0.15) is 4.68 Å². The van der Waals surface area contributed by atoms with Crippen molar-refractivity contribution in [3.63, 3.8) is 0 Å². The van der Waals surface area contributed by atoms with Crippen LogP contribution in [-0.4, -0.2) is 36.5 Å². The molecular formula is C21H18N6O2. The van der Waals surface area contributed by atoms with Crippen LogP contribution in [0.2, 0.25) is 0 Å². The van der Waals surface area contributed by atoms with Gasteiger partial charge in [-0.25, -0.2) is 4.98 Å². The molecule has 0 N–H and O–H groups in total. The van der Waals surface area contributed by atoms with Gasteiger partial charge >= 0.3 is 0 Å². The van der Waals surface area contributed by atoms with E-state index in [0.717, 1.165) is 23.4 Å². The second kappa shape index (κ2) is 6.66. The summed E-state index contributed by atoms with van der Waals surface area (Å²) in [5.74, 6) is -0.152. The Morgan fingerprint density at radius 1 is 1.10 bits per heavy atom. The van der Waals surface area contributed by atoms with Gasteiger partial charge in [0.15, 0.2) is 11.2 Å². The van der Waals surface area contributed by atoms with Gasteiger partial charge < -0.3 is 4.90 Å². The first kappa shape index (κ1) is 17.3. The average molecular weight is 386 g/mol. The molecule has 0 saturated heterocycles. The minimum Gasteiger partial charge on any atom is -0.307 e. The van der Waals surface area contributed by atoms with E-state index in [0.29, 0.717) is 5.65 Å². The summed E-state index contributed by atoms with van der Waals surface area (Å²) in [6.07, 6.45) is 2.19. The highest BCUT2D eigenvalue weighted by Gasteiger charge is 2.30. The molecule has 0 saturated carbocycles. The van der Waals surface area contributed by atoms with Crippen molar-refractivity contribution in [1.82, 2.24) is 24.5 Å². The van der Waals surface area contributed by atoms with Gasteiger partial charge in [0.05, 0.1) is 5.69 Å². The third-order valence-corrected chi connectivity index (χ3v) is 5.21. The molecule has 1 aliphatic rings. The molecule has 0 aliphatic carbocycles. The van der Waals surface area contributed by atoms with E-state index >= 15 is 0 Å². The first-order valence-electron chi connectivity index (χ1n) is 9.40. The second-order valence-electron chi connectivity index (χ2n) is 7.13. The lowest BCUT2D eigenvalue weighted by Crippen LogP contribution is -2.40. The molecule has 2 aromatic carbocycles. The maximum Gasteiger partial charge on any atom is 0.284 e. The summed E-state index contributed by atoms with van der Waals surface area (Å²) >= 11 is 0. The number of benzene rings is 2. The van der Waals surface area contributed by atoms with Crippen LogP contribution >= 0.6 is 0 Å². The second-order valence-corrected chi connectivity index (χ2v) is 7.13. The van der Waals surface area contributed by atoms with E-state index in [9.17, 15) is 9.59 Å². The molecule has 3 heterocycles. The molecule has 0 radical (unpaired) electrons. The van der Waals surface area contributed by atoms with Crippen LogP contribution in [0.5, 0.6) is 0 Å². The van der Waals surface area contributed by atoms with E-state index < -0.39 is 0 Å². The minimum atomic E-state index is -0.384. The summed E-state index contributed by atoms with van der Waals surface area (Å²) in [4.78, 5) is 32.0. The third-order valence-electron chi connectivity index (χ3n) is 5.21. The molecular weight excluding hydrogens is 368 g/mol. The molecule has 1 unspecified atom stereocenters. The Bertz CT molecular complexity index is 1280. The van der Waals surface area contributed by atoms with Crippen LogP contribution in [0.4, 0.5) is 5.69 Å². The Balaban J connectivity index is 1.48. The molecule has 5 rings (SSSR count). The fraction of sp³-hybridized carbons (Fsp3) is 0.190. The number of amides is 1. The van der Waals surface area contributed by atoms with Crippen molar-refractivity contribution in [2.75, 3.05) is 4.90 Å². The molecule has 1 amide bonds. The number of hydrogen-bond donors (Lipinski definition) is 0. The summed E-state index contributed by atoms with van der Waals surface area (Å²) < 4.78 is 2.81. The Morgan fingerprint density at radius 3 is 2.69 bits per heavy atom. The zero-order valence-electron chi connectivity index (χ0n) is 15.8. The smallest absolute Gasteiger partial charge is 0.284 e. The summed E-state index contributed by atoms with van der Waals surface area (Å²) in [6.45, 7) is 1.91. The number of rotatable bonds is 3. The number of fused-ring (bicyclic) bond motifs is 2. The van der Waals surface area contributed by atoms with Gasteiger partial charge in [-0.05, 0) is 37.1 Å². The molecule has 29 heavy (non-hydrogen) atoms. The Hall–Kier alpha value is -3.81.